The van der Waals surface area contributed by atoms with Gasteiger partial charge in [-0.1, -0.05) is 18.2 Å². The molecule has 1 aliphatic heterocycles. The lowest BCUT2D eigenvalue weighted by Gasteiger charge is -2.34. The van der Waals surface area contributed by atoms with E-state index in [1.807, 2.05) is 0 Å². The largest absolute Gasteiger partial charge is 0.490 e. The van der Waals surface area contributed by atoms with Gasteiger partial charge in [0.25, 0.3) is 0 Å². The minimum atomic E-state index is 0.426. The van der Waals surface area contributed by atoms with Gasteiger partial charge in [0.05, 0.1) is 16.8 Å². The molecule has 1 aromatic carbocycles. The number of aryl methyl sites for hydroxylation is 1. The number of nitrogens with zero attached hydrogens (tertiary/aromatic N) is 3. The number of benzene rings is 1. The second kappa shape index (κ2) is 8.51. The molecule has 0 bridgehead atoms. The Morgan fingerprint density at radius 2 is 1.73 bits per heavy atom. The number of hydrogen-bond acceptors (Lipinski definition) is 5. The van der Waals surface area contributed by atoms with Crippen molar-refractivity contribution in [2.45, 2.75) is 51.8 Å². The summed E-state index contributed by atoms with van der Waals surface area (Å²) in [5, 5.41) is 3.36. The van der Waals surface area contributed by atoms with Crippen LogP contribution < -0.4 is 4.74 Å². The maximum atomic E-state index is 6.31. The summed E-state index contributed by atoms with van der Waals surface area (Å²) in [6.07, 6.45) is 5.47. The monoisotopic (exact) mass is 371 g/mol. The molecule has 0 atom stereocenters. The van der Waals surface area contributed by atoms with Crippen molar-refractivity contribution in [3.05, 3.63) is 45.9 Å². The van der Waals surface area contributed by atoms with Gasteiger partial charge in [0.2, 0.25) is 0 Å². The lowest BCUT2D eigenvalue weighted by molar-refractivity contribution is 0.119. The number of ether oxygens (including phenoxy) is 1. The van der Waals surface area contributed by atoms with Crippen LogP contribution >= 0.6 is 11.3 Å². The molecule has 1 aromatic heterocycles. The molecule has 0 N–H and O–H groups in total. The summed E-state index contributed by atoms with van der Waals surface area (Å²) in [5.41, 5.74) is 2.55. The number of aromatic nitrogens is 1. The van der Waals surface area contributed by atoms with Crippen molar-refractivity contribution in [2.75, 3.05) is 26.2 Å². The van der Waals surface area contributed by atoms with Gasteiger partial charge in [0.1, 0.15) is 5.75 Å². The first-order valence-electron chi connectivity index (χ1n) is 9.86. The minimum Gasteiger partial charge on any atom is -0.490 e. The molecule has 4 rings (SSSR count). The van der Waals surface area contributed by atoms with Gasteiger partial charge < -0.3 is 4.74 Å². The molecule has 0 spiro atoms. The van der Waals surface area contributed by atoms with Gasteiger partial charge in [-0.25, -0.2) is 4.98 Å². The average molecular weight is 372 g/mol. The first kappa shape index (κ1) is 18.0. The van der Waals surface area contributed by atoms with Gasteiger partial charge in [-0.3, -0.25) is 9.80 Å². The van der Waals surface area contributed by atoms with E-state index in [9.17, 15) is 0 Å². The fourth-order valence-corrected chi connectivity index (χ4v) is 4.60. The maximum Gasteiger partial charge on any atom is 0.124 e. The number of hydrogen-bond donors (Lipinski definition) is 0. The molecule has 5 heteroatoms. The van der Waals surface area contributed by atoms with Gasteiger partial charge >= 0.3 is 0 Å². The Labute approximate surface area is 160 Å². The van der Waals surface area contributed by atoms with Crippen molar-refractivity contribution in [1.82, 2.24) is 14.8 Å². The highest BCUT2D eigenvalue weighted by Gasteiger charge is 2.21. The fourth-order valence-electron chi connectivity index (χ4n) is 3.99. The Bertz CT molecular complexity index is 703. The molecule has 1 aliphatic carbocycles. The first-order chi connectivity index (χ1) is 12.8. The molecule has 2 fully saturated rings. The van der Waals surface area contributed by atoms with Gasteiger partial charge in [-0.15, -0.1) is 11.3 Å². The van der Waals surface area contributed by atoms with E-state index in [0.29, 0.717) is 6.10 Å². The van der Waals surface area contributed by atoms with Gasteiger partial charge in [-0.05, 0) is 38.7 Å². The molecule has 2 aromatic rings. The normalized spacial score (nSPS) is 19.9. The van der Waals surface area contributed by atoms with E-state index < -0.39 is 0 Å². The Hall–Kier alpha value is -1.43. The predicted molar refractivity (Wildman–Crippen MR) is 107 cm³/mol. The summed E-state index contributed by atoms with van der Waals surface area (Å²) in [4.78, 5) is 9.67. The number of rotatable bonds is 6. The fraction of sp³-hybridized carbons (Fsp3) is 0.571. The van der Waals surface area contributed by atoms with Crippen LogP contribution in [0.1, 0.15) is 41.9 Å². The van der Waals surface area contributed by atoms with Crippen LogP contribution in [0.4, 0.5) is 0 Å². The van der Waals surface area contributed by atoms with Crippen molar-refractivity contribution in [3.63, 3.8) is 0 Å². The summed E-state index contributed by atoms with van der Waals surface area (Å²) in [6, 6.07) is 8.61. The first-order valence-corrected chi connectivity index (χ1v) is 10.7. The summed E-state index contributed by atoms with van der Waals surface area (Å²) < 4.78 is 6.31. The highest BCUT2D eigenvalue weighted by Crippen LogP contribution is 2.27. The third-order valence-corrected chi connectivity index (χ3v) is 6.30. The second-order valence-corrected chi connectivity index (χ2v) is 8.60. The van der Waals surface area contributed by atoms with Crippen LogP contribution in [-0.4, -0.2) is 47.1 Å². The summed E-state index contributed by atoms with van der Waals surface area (Å²) in [5.74, 6) is 1.10. The molecule has 0 amide bonds. The SMILES string of the molecule is Cc1nc(CN2CCN(Cc3ccccc3OC3CCCC3)CC2)cs1. The number of piperazine rings is 1. The molecule has 26 heavy (non-hydrogen) atoms. The molecule has 0 unspecified atom stereocenters. The van der Waals surface area contributed by atoms with Crippen LogP contribution in [0, 0.1) is 6.92 Å². The minimum absolute atomic E-state index is 0.426. The summed E-state index contributed by atoms with van der Waals surface area (Å²) in [6.45, 7) is 8.51. The topological polar surface area (TPSA) is 28.6 Å². The Morgan fingerprint density at radius 3 is 2.42 bits per heavy atom. The van der Waals surface area contributed by atoms with Crippen molar-refractivity contribution >= 4 is 11.3 Å². The molecule has 2 heterocycles. The standard InChI is InChI=1S/C21H29N3OS/c1-17-22-19(16-26-17)15-24-12-10-23(11-13-24)14-18-6-2-5-9-21(18)25-20-7-3-4-8-20/h2,5-6,9,16,20H,3-4,7-8,10-15H2,1H3. The van der Waals surface area contributed by atoms with Crippen molar-refractivity contribution in [1.29, 1.82) is 0 Å². The lowest BCUT2D eigenvalue weighted by atomic mass is 10.1. The lowest BCUT2D eigenvalue weighted by Crippen LogP contribution is -2.45. The van der Waals surface area contributed by atoms with E-state index in [1.54, 1.807) is 11.3 Å². The van der Waals surface area contributed by atoms with Crippen LogP contribution in [-0.2, 0) is 13.1 Å². The summed E-state index contributed by atoms with van der Waals surface area (Å²) in [7, 11) is 0. The Kier molecular flexibility index (Phi) is 5.88. The Morgan fingerprint density at radius 1 is 1.04 bits per heavy atom. The molecular formula is C21H29N3OS. The molecule has 140 valence electrons. The van der Waals surface area contributed by atoms with Crippen LogP contribution in [0.15, 0.2) is 29.6 Å². The zero-order valence-electron chi connectivity index (χ0n) is 15.7. The van der Waals surface area contributed by atoms with Crippen molar-refractivity contribution in [3.8, 4) is 5.75 Å². The smallest absolute Gasteiger partial charge is 0.124 e. The molecule has 1 saturated carbocycles. The van der Waals surface area contributed by atoms with Gasteiger partial charge in [-0.2, -0.15) is 0 Å². The van der Waals surface area contributed by atoms with Crippen LogP contribution in [0.3, 0.4) is 0 Å². The van der Waals surface area contributed by atoms with Gasteiger partial charge in [0, 0.05) is 50.2 Å². The highest BCUT2D eigenvalue weighted by atomic mass is 32.1. The average Bonchev–Trinajstić information content (AvgIpc) is 3.30. The number of para-hydroxylation sites is 1. The van der Waals surface area contributed by atoms with E-state index in [1.165, 1.54) is 36.9 Å². The van der Waals surface area contributed by atoms with Crippen LogP contribution in [0.5, 0.6) is 5.75 Å². The molecular weight excluding hydrogens is 342 g/mol. The zero-order valence-corrected chi connectivity index (χ0v) is 16.5. The van der Waals surface area contributed by atoms with E-state index >= 15 is 0 Å². The van der Waals surface area contributed by atoms with Crippen LogP contribution in [0.25, 0.3) is 0 Å². The molecule has 0 radical (unpaired) electrons. The zero-order chi connectivity index (χ0) is 17.8. The summed E-state index contributed by atoms with van der Waals surface area (Å²) >= 11 is 1.75. The van der Waals surface area contributed by atoms with Crippen LogP contribution in [0.2, 0.25) is 0 Å². The van der Waals surface area contributed by atoms with E-state index in [0.717, 1.165) is 50.0 Å². The van der Waals surface area contributed by atoms with E-state index in [4.69, 9.17) is 4.74 Å². The van der Waals surface area contributed by atoms with Crippen molar-refractivity contribution < 1.29 is 4.74 Å². The molecule has 2 aliphatic rings. The van der Waals surface area contributed by atoms with E-state index in [2.05, 4.69) is 51.4 Å². The molecule has 4 nitrogen and oxygen atoms in total. The molecule has 1 saturated heterocycles. The maximum absolute atomic E-state index is 6.31. The predicted octanol–water partition coefficient (Wildman–Crippen LogP) is 4.09. The highest BCUT2D eigenvalue weighted by molar-refractivity contribution is 7.09. The van der Waals surface area contributed by atoms with Crippen molar-refractivity contribution in [2.24, 2.45) is 0 Å². The van der Waals surface area contributed by atoms with Gasteiger partial charge in [0.15, 0.2) is 0 Å². The second-order valence-electron chi connectivity index (χ2n) is 7.54. The number of thiazole rings is 1. The quantitative estimate of drug-likeness (QED) is 0.765. The third kappa shape index (κ3) is 4.64. The van der Waals surface area contributed by atoms with E-state index in [-0.39, 0.29) is 0 Å². The third-order valence-electron chi connectivity index (χ3n) is 5.48. The Balaban J connectivity index is 1.30.